The summed E-state index contributed by atoms with van der Waals surface area (Å²) >= 11 is 0. The Bertz CT molecular complexity index is 1320. The molecule has 1 aliphatic carbocycles. The van der Waals surface area contributed by atoms with Crippen molar-refractivity contribution in [2.45, 2.75) is 56.3 Å². The Kier molecular flexibility index (Phi) is 6.62. The topological polar surface area (TPSA) is 141 Å². The van der Waals surface area contributed by atoms with Crippen molar-refractivity contribution in [3.05, 3.63) is 41.0 Å². The summed E-state index contributed by atoms with van der Waals surface area (Å²) in [5.41, 5.74) is 2.26. The molecular weight excluding hydrogens is 540 g/mol. The van der Waals surface area contributed by atoms with Crippen LogP contribution in [0.5, 0.6) is 28.7 Å². The molecule has 7 rings (SSSR count). The number of cyclic esters (lactones) is 1. The van der Waals surface area contributed by atoms with Crippen molar-refractivity contribution in [1.29, 1.82) is 0 Å². The number of aromatic hydroxyl groups is 1. The Balaban J connectivity index is 1.30. The summed E-state index contributed by atoms with van der Waals surface area (Å²) in [4.78, 5) is 13.4. The molecule has 4 heterocycles. The molecule has 0 amide bonds. The third kappa shape index (κ3) is 4.36. The highest BCUT2D eigenvalue weighted by Gasteiger charge is 2.54. The number of phenolic OH excluding ortho intramolecular Hbond substituents is 1. The van der Waals surface area contributed by atoms with Crippen LogP contribution in [0.25, 0.3) is 0 Å². The van der Waals surface area contributed by atoms with Crippen molar-refractivity contribution in [1.82, 2.24) is 0 Å². The second kappa shape index (κ2) is 10.2. The Morgan fingerprint density at radius 2 is 1.63 bits per heavy atom. The largest absolute Gasteiger partial charge is 0.502 e. The third-order valence-corrected chi connectivity index (χ3v) is 8.63. The van der Waals surface area contributed by atoms with Gasteiger partial charge in [0.2, 0.25) is 12.5 Å². The predicted molar refractivity (Wildman–Crippen MR) is 137 cm³/mol. The zero-order valence-electron chi connectivity index (χ0n) is 22.8. The molecule has 220 valence electrons. The summed E-state index contributed by atoms with van der Waals surface area (Å²) in [6.45, 7) is 2.25. The number of carbonyl (C=O) groups is 1. The number of aliphatic hydroxyl groups is 1. The molecule has 41 heavy (non-hydrogen) atoms. The van der Waals surface area contributed by atoms with E-state index in [0.717, 1.165) is 11.1 Å². The SMILES string of the molecule is COc1cc([C@@H]2c3cc4c(cc3C(O[C@H]3C[C@@H](O)[C@@H]5O[C@H](C)OC[C@H]5O3)C3COC(=O)[C@@H]32)OCO4)cc(OC)c1O. The zero-order valence-corrected chi connectivity index (χ0v) is 22.8. The van der Waals surface area contributed by atoms with E-state index in [4.69, 9.17) is 42.6 Å². The molecular formula is C29H32O12. The van der Waals surface area contributed by atoms with Crippen molar-refractivity contribution < 1.29 is 57.6 Å². The van der Waals surface area contributed by atoms with E-state index in [0.29, 0.717) is 17.1 Å². The fourth-order valence-corrected chi connectivity index (χ4v) is 6.74. The molecule has 3 fully saturated rings. The lowest BCUT2D eigenvalue weighted by Crippen LogP contribution is -2.56. The minimum absolute atomic E-state index is 0.0730. The number of ether oxygens (including phenoxy) is 9. The highest BCUT2D eigenvalue weighted by molar-refractivity contribution is 5.79. The van der Waals surface area contributed by atoms with Crippen molar-refractivity contribution in [2.24, 2.45) is 11.8 Å². The van der Waals surface area contributed by atoms with E-state index in [1.54, 1.807) is 19.1 Å². The average Bonchev–Trinajstić information content (AvgIpc) is 3.59. The van der Waals surface area contributed by atoms with Gasteiger partial charge in [-0.05, 0) is 47.9 Å². The maximum Gasteiger partial charge on any atom is 0.310 e. The molecule has 0 bridgehead atoms. The first-order valence-corrected chi connectivity index (χ1v) is 13.7. The van der Waals surface area contributed by atoms with E-state index in [9.17, 15) is 15.0 Å². The maximum atomic E-state index is 13.4. The van der Waals surface area contributed by atoms with Crippen LogP contribution in [0.3, 0.4) is 0 Å². The van der Waals surface area contributed by atoms with Crippen LogP contribution in [-0.2, 0) is 28.5 Å². The van der Waals surface area contributed by atoms with Gasteiger partial charge in [0.15, 0.2) is 35.6 Å². The highest BCUT2D eigenvalue weighted by atomic mass is 16.7. The molecule has 0 aromatic heterocycles. The molecule has 0 radical (unpaired) electrons. The molecule has 2 N–H and O–H groups in total. The lowest BCUT2D eigenvalue weighted by atomic mass is 9.66. The summed E-state index contributed by atoms with van der Waals surface area (Å²) in [5.74, 6) is -0.465. The monoisotopic (exact) mass is 572 g/mol. The van der Waals surface area contributed by atoms with Crippen LogP contribution in [0.2, 0.25) is 0 Å². The zero-order chi connectivity index (χ0) is 28.4. The molecule has 2 unspecified atom stereocenters. The second-order valence-corrected chi connectivity index (χ2v) is 10.9. The van der Waals surface area contributed by atoms with Crippen LogP contribution in [-0.4, -0.2) is 81.3 Å². The lowest BCUT2D eigenvalue weighted by Gasteiger charge is -2.45. The Morgan fingerprint density at radius 1 is 0.927 bits per heavy atom. The van der Waals surface area contributed by atoms with Crippen LogP contribution < -0.4 is 18.9 Å². The summed E-state index contributed by atoms with van der Waals surface area (Å²) < 4.78 is 52.1. The number of hydrogen-bond donors (Lipinski definition) is 2. The van der Waals surface area contributed by atoms with Crippen molar-refractivity contribution in [3.63, 3.8) is 0 Å². The summed E-state index contributed by atoms with van der Waals surface area (Å²) in [6, 6.07) is 7.14. The molecule has 5 aliphatic rings. The van der Waals surface area contributed by atoms with Gasteiger partial charge < -0.3 is 52.8 Å². The van der Waals surface area contributed by atoms with Gasteiger partial charge in [0.25, 0.3) is 0 Å². The Hall–Kier alpha value is -3.29. The first-order chi connectivity index (χ1) is 19.9. The minimum Gasteiger partial charge on any atom is -0.502 e. The van der Waals surface area contributed by atoms with E-state index in [-0.39, 0.29) is 55.6 Å². The molecule has 2 aromatic rings. The molecule has 4 aliphatic heterocycles. The van der Waals surface area contributed by atoms with Crippen LogP contribution in [0.15, 0.2) is 24.3 Å². The number of benzene rings is 2. The summed E-state index contributed by atoms with van der Waals surface area (Å²) in [5, 5.41) is 21.5. The van der Waals surface area contributed by atoms with E-state index in [1.807, 2.05) is 12.1 Å². The van der Waals surface area contributed by atoms with Crippen LogP contribution >= 0.6 is 0 Å². The standard InChI is InChI=1S/C29H32O12/c1-12-35-10-22-28(39-12)17(30)8-23(40-22)41-27-15-7-19-18(37-11-38-19)6-14(15)24(25-16(27)9-36-29(25)32)13-4-20(33-2)26(31)21(5-13)34-3/h4-7,12,16-17,22-25,27-28,30-31H,8-11H2,1-3H3/t12-,16?,17-,22-,23+,24-,25+,27?,28+/m1/s1. The Morgan fingerprint density at radius 3 is 2.34 bits per heavy atom. The molecule has 12 nitrogen and oxygen atoms in total. The molecule has 9 atom stereocenters. The molecule has 12 heteroatoms. The van der Waals surface area contributed by atoms with Crippen molar-refractivity contribution in [3.8, 4) is 28.7 Å². The van der Waals surface area contributed by atoms with Gasteiger partial charge in [-0.25, -0.2) is 0 Å². The van der Waals surface area contributed by atoms with Crippen molar-refractivity contribution >= 4 is 5.97 Å². The molecule has 2 aromatic carbocycles. The van der Waals surface area contributed by atoms with Gasteiger partial charge in [0.1, 0.15) is 12.2 Å². The fourth-order valence-electron chi connectivity index (χ4n) is 6.74. The molecule has 3 saturated heterocycles. The number of hydrogen-bond acceptors (Lipinski definition) is 12. The normalized spacial score (nSPS) is 35.2. The lowest BCUT2D eigenvalue weighted by molar-refractivity contribution is -0.338. The minimum atomic E-state index is -0.813. The smallest absolute Gasteiger partial charge is 0.310 e. The first-order valence-electron chi connectivity index (χ1n) is 13.7. The van der Waals surface area contributed by atoms with E-state index < -0.39 is 48.8 Å². The third-order valence-electron chi connectivity index (χ3n) is 8.63. The number of fused-ring (bicyclic) bond motifs is 4. The number of phenols is 1. The number of aliphatic hydroxyl groups excluding tert-OH is 1. The van der Waals surface area contributed by atoms with Crippen LogP contribution in [0.1, 0.15) is 42.1 Å². The van der Waals surface area contributed by atoms with Gasteiger partial charge in [-0.2, -0.15) is 0 Å². The van der Waals surface area contributed by atoms with Gasteiger partial charge in [-0.1, -0.05) is 0 Å². The highest BCUT2D eigenvalue weighted by Crippen LogP contribution is 2.57. The van der Waals surface area contributed by atoms with Gasteiger partial charge in [-0.3, -0.25) is 4.79 Å². The van der Waals surface area contributed by atoms with Crippen LogP contribution in [0, 0.1) is 11.8 Å². The maximum absolute atomic E-state index is 13.4. The second-order valence-electron chi connectivity index (χ2n) is 10.9. The van der Waals surface area contributed by atoms with Crippen molar-refractivity contribution in [2.75, 3.05) is 34.2 Å². The van der Waals surface area contributed by atoms with Gasteiger partial charge >= 0.3 is 5.97 Å². The van der Waals surface area contributed by atoms with E-state index in [2.05, 4.69) is 0 Å². The van der Waals surface area contributed by atoms with E-state index >= 15 is 0 Å². The predicted octanol–water partition coefficient (Wildman–Crippen LogP) is 2.37. The molecule has 0 saturated carbocycles. The van der Waals surface area contributed by atoms with E-state index in [1.165, 1.54) is 14.2 Å². The fraction of sp³-hybridized carbons (Fsp3) is 0.552. The quantitative estimate of drug-likeness (QED) is 0.508. The Labute approximate surface area is 235 Å². The number of methoxy groups -OCH3 is 2. The van der Waals surface area contributed by atoms with Crippen LogP contribution in [0.4, 0.5) is 0 Å². The summed E-state index contributed by atoms with van der Waals surface area (Å²) in [7, 11) is 2.90. The molecule has 0 spiro atoms. The summed E-state index contributed by atoms with van der Waals surface area (Å²) in [6.07, 6.45) is -3.47. The number of rotatable bonds is 5. The average molecular weight is 573 g/mol. The van der Waals surface area contributed by atoms with Gasteiger partial charge in [0, 0.05) is 18.3 Å². The number of carbonyl (C=O) groups excluding carboxylic acids is 1. The van der Waals surface area contributed by atoms with Gasteiger partial charge in [0.05, 0.1) is 45.6 Å². The number of esters is 1. The first kappa shape index (κ1) is 26.6. The van der Waals surface area contributed by atoms with Gasteiger partial charge in [-0.15, -0.1) is 0 Å².